The van der Waals surface area contributed by atoms with E-state index in [-0.39, 0.29) is 24.0 Å². The van der Waals surface area contributed by atoms with Crippen LogP contribution >= 0.6 is 24.0 Å². The van der Waals surface area contributed by atoms with Gasteiger partial charge in [0.2, 0.25) is 0 Å². The van der Waals surface area contributed by atoms with Crippen LogP contribution in [-0.4, -0.2) is 49.7 Å². The third-order valence-electron chi connectivity index (χ3n) is 4.67. The molecule has 2 N–H and O–H groups in total. The van der Waals surface area contributed by atoms with Crippen LogP contribution in [0.25, 0.3) is 0 Å². The molecule has 148 valence electrons. The van der Waals surface area contributed by atoms with Crippen LogP contribution in [0.15, 0.2) is 29.3 Å². The smallest absolute Gasteiger partial charge is 0.191 e. The monoisotopic (exact) mass is 474 g/mol. The van der Waals surface area contributed by atoms with Gasteiger partial charge in [-0.1, -0.05) is 31.2 Å². The minimum absolute atomic E-state index is 0. The number of halogens is 1. The quantitative estimate of drug-likeness (QED) is 0.328. The molecule has 6 heteroatoms. The van der Waals surface area contributed by atoms with Gasteiger partial charge in [-0.25, -0.2) is 4.99 Å². The Labute approximate surface area is 176 Å². The van der Waals surface area contributed by atoms with E-state index in [9.17, 15) is 0 Å². The van der Waals surface area contributed by atoms with Gasteiger partial charge in [0, 0.05) is 25.7 Å². The van der Waals surface area contributed by atoms with Crippen molar-refractivity contribution >= 4 is 29.9 Å². The zero-order valence-corrected chi connectivity index (χ0v) is 18.8. The van der Waals surface area contributed by atoms with Crippen LogP contribution in [0, 0.1) is 0 Å². The maximum Gasteiger partial charge on any atom is 0.191 e. The molecule has 1 fully saturated rings. The molecule has 26 heavy (non-hydrogen) atoms. The van der Waals surface area contributed by atoms with E-state index in [1.165, 1.54) is 30.5 Å². The number of benzene rings is 1. The predicted molar refractivity (Wildman–Crippen MR) is 120 cm³/mol. The average molecular weight is 474 g/mol. The summed E-state index contributed by atoms with van der Waals surface area (Å²) >= 11 is 0. The van der Waals surface area contributed by atoms with Crippen molar-refractivity contribution in [1.82, 2.24) is 15.5 Å². The predicted octanol–water partition coefficient (Wildman–Crippen LogP) is 3.38. The van der Waals surface area contributed by atoms with Crippen LogP contribution in [0.4, 0.5) is 0 Å². The van der Waals surface area contributed by atoms with Gasteiger partial charge >= 0.3 is 0 Å². The minimum atomic E-state index is 0. The van der Waals surface area contributed by atoms with Gasteiger partial charge in [0.25, 0.3) is 0 Å². The molecule has 1 saturated heterocycles. The summed E-state index contributed by atoms with van der Waals surface area (Å²) in [6.45, 7) is 12.7. The Morgan fingerprint density at radius 3 is 2.54 bits per heavy atom. The average Bonchev–Trinajstić information content (AvgIpc) is 3.10. The second kappa shape index (κ2) is 13.3. The van der Waals surface area contributed by atoms with Crippen molar-refractivity contribution in [2.24, 2.45) is 4.99 Å². The first kappa shape index (κ1) is 23.2. The maximum absolute atomic E-state index is 5.44. The maximum atomic E-state index is 5.44. The number of aliphatic imine (C=N–C) groups is 1. The minimum Gasteiger partial charge on any atom is -0.377 e. The summed E-state index contributed by atoms with van der Waals surface area (Å²) < 4.78 is 5.44. The number of likely N-dealkylation sites (N-methyl/N-ethyl adjacent to an activating group) is 1. The third-order valence-corrected chi connectivity index (χ3v) is 4.67. The highest BCUT2D eigenvalue weighted by Gasteiger charge is 2.22. The zero-order chi connectivity index (χ0) is 17.9. The Bertz CT molecular complexity index is 521. The largest absolute Gasteiger partial charge is 0.377 e. The number of hydrogen-bond donors (Lipinski definition) is 2. The van der Waals surface area contributed by atoms with Crippen molar-refractivity contribution in [3.63, 3.8) is 0 Å². The number of guanidine groups is 1. The van der Waals surface area contributed by atoms with Crippen LogP contribution in [-0.2, 0) is 17.9 Å². The van der Waals surface area contributed by atoms with Crippen molar-refractivity contribution in [1.29, 1.82) is 0 Å². The first-order valence-electron chi connectivity index (χ1n) is 9.68. The number of ether oxygens (including phenoxy) is 1. The Hall–Kier alpha value is -0.860. The summed E-state index contributed by atoms with van der Waals surface area (Å²) in [7, 11) is 0. The first-order valence-corrected chi connectivity index (χ1v) is 9.68. The SMILES string of the molecule is CCNC(=NCc1ccc(COCC)cc1)NCC1CCCN1CC.I. The Balaban J connectivity index is 0.00000338. The lowest BCUT2D eigenvalue weighted by Gasteiger charge is -2.24. The van der Waals surface area contributed by atoms with E-state index in [4.69, 9.17) is 9.73 Å². The Morgan fingerprint density at radius 1 is 1.15 bits per heavy atom. The molecule has 0 aromatic heterocycles. The second-order valence-corrected chi connectivity index (χ2v) is 6.45. The fraction of sp³-hybridized carbons (Fsp3) is 0.650. The molecule has 1 aromatic rings. The molecule has 0 radical (unpaired) electrons. The number of nitrogens with zero attached hydrogens (tertiary/aromatic N) is 2. The van der Waals surface area contributed by atoms with Gasteiger partial charge in [0.15, 0.2) is 5.96 Å². The fourth-order valence-electron chi connectivity index (χ4n) is 3.23. The molecular weight excluding hydrogens is 439 g/mol. The summed E-state index contributed by atoms with van der Waals surface area (Å²) in [5, 5.41) is 6.86. The summed E-state index contributed by atoms with van der Waals surface area (Å²) in [6.07, 6.45) is 2.59. The highest BCUT2D eigenvalue weighted by atomic mass is 127. The van der Waals surface area contributed by atoms with Crippen molar-refractivity contribution in [2.45, 2.75) is 52.8 Å². The standard InChI is InChI=1S/C20H34N4O.HI/c1-4-21-20(23-15-19-8-7-13-24(19)5-2)22-14-17-9-11-18(12-10-17)16-25-6-3;/h9-12,19H,4-8,13-16H2,1-3H3,(H2,21,22,23);1H. The molecule has 1 unspecified atom stereocenters. The van der Waals surface area contributed by atoms with Crippen molar-refractivity contribution < 1.29 is 4.74 Å². The highest BCUT2D eigenvalue weighted by molar-refractivity contribution is 14.0. The number of hydrogen-bond acceptors (Lipinski definition) is 3. The van der Waals surface area contributed by atoms with Crippen LogP contribution in [0.5, 0.6) is 0 Å². The molecule has 0 bridgehead atoms. The van der Waals surface area contributed by atoms with Crippen LogP contribution in [0.3, 0.4) is 0 Å². The van der Waals surface area contributed by atoms with E-state index in [1.54, 1.807) is 0 Å². The lowest BCUT2D eigenvalue weighted by Crippen LogP contribution is -2.44. The molecule has 2 rings (SSSR count). The topological polar surface area (TPSA) is 48.9 Å². The summed E-state index contributed by atoms with van der Waals surface area (Å²) in [4.78, 5) is 7.28. The molecule has 1 aliphatic heterocycles. The zero-order valence-electron chi connectivity index (χ0n) is 16.5. The number of nitrogens with one attached hydrogen (secondary N) is 2. The van der Waals surface area contributed by atoms with Crippen molar-refractivity contribution in [3.05, 3.63) is 35.4 Å². The molecule has 0 saturated carbocycles. The van der Waals surface area contributed by atoms with Gasteiger partial charge in [-0.3, -0.25) is 4.90 Å². The first-order chi connectivity index (χ1) is 12.3. The molecule has 0 spiro atoms. The molecule has 0 aliphatic carbocycles. The summed E-state index contributed by atoms with van der Waals surface area (Å²) in [5.74, 6) is 0.906. The van der Waals surface area contributed by atoms with Gasteiger partial charge in [-0.15, -0.1) is 24.0 Å². The van der Waals surface area contributed by atoms with Crippen LogP contribution in [0.2, 0.25) is 0 Å². The van der Waals surface area contributed by atoms with Crippen LogP contribution in [0.1, 0.15) is 44.7 Å². The highest BCUT2D eigenvalue weighted by Crippen LogP contribution is 2.15. The normalized spacial score (nSPS) is 17.8. The molecule has 1 aromatic carbocycles. The van der Waals surface area contributed by atoms with E-state index < -0.39 is 0 Å². The fourth-order valence-corrected chi connectivity index (χ4v) is 3.23. The van der Waals surface area contributed by atoms with E-state index in [1.807, 2.05) is 6.92 Å². The second-order valence-electron chi connectivity index (χ2n) is 6.45. The molecule has 1 aliphatic rings. The van der Waals surface area contributed by atoms with Gasteiger partial charge in [-0.05, 0) is 50.9 Å². The summed E-state index contributed by atoms with van der Waals surface area (Å²) in [5.41, 5.74) is 2.43. The van der Waals surface area contributed by atoms with Crippen molar-refractivity contribution in [2.75, 3.05) is 32.8 Å². The lowest BCUT2D eigenvalue weighted by atomic mass is 10.1. The van der Waals surface area contributed by atoms with Crippen LogP contribution < -0.4 is 10.6 Å². The summed E-state index contributed by atoms with van der Waals surface area (Å²) in [6, 6.07) is 9.15. The molecule has 0 amide bonds. The molecule has 5 nitrogen and oxygen atoms in total. The number of rotatable bonds is 9. The van der Waals surface area contributed by atoms with Gasteiger partial charge in [-0.2, -0.15) is 0 Å². The Morgan fingerprint density at radius 2 is 1.88 bits per heavy atom. The van der Waals surface area contributed by atoms with Gasteiger partial charge in [0.1, 0.15) is 0 Å². The Kier molecular flexibility index (Phi) is 11.9. The number of likely N-dealkylation sites (tertiary alicyclic amines) is 1. The van der Waals surface area contributed by atoms with Gasteiger partial charge < -0.3 is 15.4 Å². The third kappa shape index (κ3) is 7.80. The molecule has 1 atom stereocenters. The van der Waals surface area contributed by atoms with E-state index in [2.05, 4.69) is 53.6 Å². The molecular formula is C20H35IN4O. The van der Waals surface area contributed by atoms with E-state index in [0.717, 1.165) is 32.2 Å². The van der Waals surface area contributed by atoms with Gasteiger partial charge in [0.05, 0.1) is 13.2 Å². The lowest BCUT2D eigenvalue weighted by molar-refractivity contribution is 0.134. The van der Waals surface area contributed by atoms with E-state index >= 15 is 0 Å². The van der Waals surface area contributed by atoms with E-state index in [0.29, 0.717) is 19.2 Å². The molecule has 1 heterocycles. The van der Waals surface area contributed by atoms with Crippen molar-refractivity contribution in [3.8, 4) is 0 Å².